The monoisotopic (exact) mass is 286 g/mol. The molecule has 112 valence electrons. The molecule has 1 atom stereocenters. The Labute approximate surface area is 125 Å². The molecule has 4 nitrogen and oxygen atoms in total. The summed E-state index contributed by atoms with van der Waals surface area (Å²) in [6, 6.07) is 7.98. The van der Waals surface area contributed by atoms with Crippen LogP contribution in [0.2, 0.25) is 0 Å². The van der Waals surface area contributed by atoms with E-state index in [4.69, 9.17) is 4.74 Å². The van der Waals surface area contributed by atoms with E-state index in [1.54, 1.807) is 0 Å². The van der Waals surface area contributed by atoms with Crippen LogP contribution in [-0.2, 0) is 6.54 Å². The van der Waals surface area contributed by atoms with Crippen molar-refractivity contribution >= 4 is 16.8 Å². The molecule has 2 aromatic rings. The first-order valence-electron chi connectivity index (χ1n) is 7.81. The van der Waals surface area contributed by atoms with Crippen molar-refractivity contribution < 1.29 is 9.53 Å². The molecule has 0 fully saturated rings. The van der Waals surface area contributed by atoms with Crippen LogP contribution in [0.15, 0.2) is 24.3 Å². The summed E-state index contributed by atoms with van der Waals surface area (Å²) < 4.78 is 8.11. The van der Waals surface area contributed by atoms with Gasteiger partial charge in [-0.05, 0) is 25.0 Å². The van der Waals surface area contributed by atoms with Crippen LogP contribution in [0.5, 0.6) is 5.75 Å². The van der Waals surface area contributed by atoms with Gasteiger partial charge in [0.2, 0.25) is 0 Å². The molecule has 21 heavy (non-hydrogen) atoms. The van der Waals surface area contributed by atoms with Gasteiger partial charge in [0.1, 0.15) is 17.5 Å². The molecular formula is C17H22N2O2. The van der Waals surface area contributed by atoms with Gasteiger partial charge in [0.05, 0.1) is 12.1 Å². The van der Waals surface area contributed by atoms with Gasteiger partial charge in [-0.15, -0.1) is 0 Å². The van der Waals surface area contributed by atoms with E-state index in [1.165, 1.54) is 0 Å². The number of ether oxygens (including phenoxy) is 1. The van der Waals surface area contributed by atoms with Crippen LogP contribution in [0.3, 0.4) is 0 Å². The molecule has 1 amide bonds. The molecule has 3 rings (SSSR count). The summed E-state index contributed by atoms with van der Waals surface area (Å²) in [5, 5.41) is 4.08. The number of amides is 1. The number of carbonyl (C=O) groups is 1. The van der Waals surface area contributed by atoms with Crippen molar-refractivity contribution in [2.24, 2.45) is 0 Å². The molecule has 2 heterocycles. The van der Waals surface area contributed by atoms with E-state index in [9.17, 15) is 4.79 Å². The lowest BCUT2D eigenvalue weighted by Crippen LogP contribution is -2.31. The molecule has 1 aromatic carbocycles. The second kappa shape index (κ2) is 5.80. The molecule has 0 saturated carbocycles. The average Bonchev–Trinajstić information content (AvgIpc) is 2.88. The zero-order valence-corrected chi connectivity index (χ0v) is 12.7. The molecule has 4 heteroatoms. The molecule has 0 radical (unpaired) electrons. The van der Waals surface area contributed by atoms with Crippen molar-refractivity contribution in [3.05, 3.63) is 30.0 Å². The van der Waals surface area contributed by atoms with E-state index >= 15 is 0 Å². The van der Waals surface area contributed by atoms with Gasteiger partial charge in [0.15, 0.2) is 0 Å². The van der Waals surface area contributed by atoms with E-state index in [0.717, 1.165) is 54.7 Å². The zero-order chi connectivity index (χ0) is 14.8. The van der Waals surface area contributed by atoms with E-state index in [-0.39, 0.29) is 12.0 Å². The first kappa shape index (κ1) is 14.0. The van der Waals surface area contributed by atoms with Crippen molar-refractivity contribution in [3.63, 3.8) is 0 Å². The molecule has 1 N–H and O–H groups in total. The number of rotatable bonds is 5. The highest BCUT2D eigenvalue weighted by molar-refractivity contribution is 6.00. The van der Waals surface area contributed by atoms with Crippen molar-refractivity contribution in [2.45, 2.75) is 45.8 Å². The molecule has 1 aromatic heterocycles. The number of aromatic nitrogens is 1. The van der Waals surface area contributed by atoms with E-state index in [1.807, 2.05) is 24.3 Å². The Morgan fingerprint density at radius 2 is 2.29 bits per heavy atom. The van der Waals surface area contributed by atoms with Gasteiger partial charge in [-0.2, -0.15) is 0 Å². The van der Waals surface area contributed by atoms with Crippen LogP contribution in [0.1, 0.15) is 43.6 Å². The van der Waals surface area contributed by atoms with Crippen molar-refractivity contribution in [3.8, 4) is 5.75 Å². The fourth-order valence-electron chi connectivity index (χ4n) is 2.87. The predicted molar refractivity (Wildman–Crippen MR) is 83.9 cm³/mol. The first-order valence-corrected chi connectivity index (χ1v) is 7.81. The van der Waals surface area contributed by atoms with Crippen LogP contribution in [0.25, 0.3) is 10.9 Å². The molecular weight excluding hydrogens is 264 g/mol. The van der Waals surface area contributed by atoms with Crippen molar-refractivity contribution in [2.75, 3.05) is 6.54 Å². The maximum atomic E-state index is 12.4. The van der Waals surface area contributed by atoms with Crippen molar-refractivity contribution in [1.29, 1.82) is 0 Å². The van der Waals surface area contributed by atoms with Crippen LogP contribution in [0, 0.1) is 0 Å². The first-order chi connectivity index (χ1) is 10.2. The largest absolute Gasteiger partial charge is 0.486 e. The molecule has 0 aliphatic carbocycles. The average molecular weight is 286 g/mol. The lowest BCUT2D eigenvalue weighted by Gasteiger charge is -2.26. The summed E-state index contributed by atoms with van der Waals surface area (Å²) in [4.78, 5) is 12.4. The zero-order valence-electron chi connectivity index (χ0n) is 12.7. The third kappa shape index (κ3) is 2.50. The van der Waals surface area contributed by atoms with Gasteiger partial charge in [0, 0.05) is 11.9 Å². The highest BCUT2D eigenvalue weighted by atomic mass is 16.5. The normalized spacial score (nSPS) is 16.8. The van der Waals surface area contributed by atoms with Gasteiger partial charge < -0.3 is 14.6 Å². The minimum atomic E-state index is 0.0161. The Hall–Kier alpha value is -1.97. The van der Waals surface area contributed by atoms with Gasteiger partial charge >= 0.3 is 0 Å². The van der Waals surface area contributed by atoms with Gasteiger partial charge in [0.25, 0.3) is 5.91 Å². The second-order valence-corrected chi connectivity index (χ2v) is 5.59. The van der Waals surface area contributed by atoms with Crippen LogP contribution < -0.4 is 10.1 Å². The topological polar surface area (TPSA) is 43.3 Å². The molecule has 0 saturated heterocycles. The summed E-state index contributed by atoms with van der Waals surface area (Å²) in [5.74, 6) is 0.903. The number of unbranched alkanes of at least 4 members (excludes halogenated alkanes) is 1. The quantitative estimate of drug-likeness (QED) is 0.857. The Balaban J connectivity index is 1.97. The second-order valence-electron chi connectivity index (χ2n) is 5.59. The number of carbonyl (C=O) groups excluding carboxylic acids is 1. The van der Waals surface area contributed by atoms with Gasteiger partial charge in [-0.3, -0.25) is 4.79 Å². The standard InChI is InChI=1S/C17H22N2O2/c1-3-5-9-18-17(20)14-10-12-7-6-8-15-16(12)19(14)11-13(4-2)21-15/h6-8,10,13H,3-5,9,11H2,1-2H3,(H,18,20). The lowest BCUT2D eigenvalue weighted by atomic mass is 10.2. The van der Waals surface area contributed by atoms with E-state index < -0.39 is 0 Å². The molecule has 1 aliphatic heterocycles. The lowest BCUT2D eigenvalue weighted by molar-refractivity contribution is 0.0937. The fraction of sp³-hybridized carbons (Fsp3) is 0.471. The summed E-state index contributed by atoms with van der Waals surface area (Å²) in [7, 11) is 0. The fourth-order valence-corrected chi connectivity index (χ4v) is 2.87. The number of nitrogens with one attached hydrogen (secondary N) is 1. The smallest absolute Gasteiger partial charge is 0.267 e. The highest BCUT2D eigenvalue weighted by Gasteiger charge is 2.25. The minimum absolute atomic E-state index is 0.0161. The third-order valence-electron chi connectivity index (χ3n) is 4.07. The Morgan fingerprint density at radius 3 is 3.05 bits per heavy atom. The number of para-hydroxylation sites is 1. The van der Waals surface area contributed by atoms with E-state index in [0.29, 0.717) is 0 Å². The highest BCUT2D eigenvalue weighted by Crippen LogP contribution is 2.34. The molecule has 0 spiro atoms. The molecule has 1 aliphatic rings. The Bertz CT molecular complexity index is 660. The number of hydrogen-bond donors (Lipinski definition) is 1. The van der Waals surface area contributed by atoms with Crippen LogP contribution in [0.4, 0.5) is 0 Å². The maximum absolute atomic E-state index is 12.4. The van der Waals surface area contributed by atoms with Crippen molar-refractivity contribution in [1.82, 2.24) is 9.88 Å². The Kier molecular flexibility index (Phi) is 3.86. The third-order valence-corrected chi connectivity index (χ3v) is 4.07. The number of nitrogens with zero attached hydrogens (tertiary/aromatic N) is 1. The SMILES string of the molecule is CCCCNC(=O)c1cc2cccc3c2n1CC(CC)O3. The Morgan fingerprint density at radius 1 is 1.43 bits per heavy atom. The van der Waals surface area contributed by atoms with E-state index in [2.05, 4.69) is 23.7 Å². The summed E-state index contributed by atoms with van der Waals surface area (Å²) >= 11 is 0. The number of hydrogen-bond acceptors (Lipinski definition) is 2. The van der Waals surface area contributed by atoms with Gasteiger partial charge in [-0.1, -0.05) is 32.4 Å². The predicted octanol–water partition coefficient (Wildman–Crippen LogP) is 3.34. The molecule has 0 bridgehead atoms. The minimum Gasteiger partial charge on any atom is -0.486 e. The molecule has 1 unspecified atom stereocenters. The van der Waals surface area contributed by atoms with Gasteiger partial charge in [-0.25, -0.2) is 0 Å². The van der Waals surface area contributed by atoms with Crippen LogP contribution >= 0.6 is 0 Å². The maximum Gasteiger partial charge on any atom is 0.267 e. The summed E-state index contributed by atoms with van der Waals surface area (Å²) in [5.41, 5.74) is 1.79. The number of benzene rings is 1. The summed E-state index contributed by atoms with van der Waals surface area (Å²) in [6.45, 7) is 5.71. The summed E-state index contributed by atoms with van der Waals surface area (Å²) in [6.07, 6.45) is 3.17. The van der Waals surface area contributed by atoms with Crippen LogP contribution in [-0.4, -0.2) is 23.1 Å².